The van der Waals surface area contributed by atoms with Crippen LogP contribution in [-0.2, 0) is 4.79 Å². The zero-order valence-electron chi connectivity index (χ0n) is 13.8. The molecule has 0 aliphatic heterocycles. The van der Waals surface area contributed by atoms with Crippen molar-refractivity contribution in [2.75, 3.05) is 19.4 Å². The van der Waals surface area contributed by atoms with Crippen molar-refractivity contribution in [2.45, 2.75) is 0 Å². The fraction of sp³-hybridized carbons (Fsp3) is 0.111. The maximum Gasteiger partial charge on any atom is 0.264 e. The molecule has 2 heterocycles. The Morgan fingerprint density at radius 1 is 1.36 bits per heavy atom. The molecule has 0 saturated carbocycles. The number of hydrogen-bond donors (Lipinski definition) is 2. The zero-order chi connectivity index (χ0) is 17.8. The molecule has 0 atom stereocenters. The van der Waals surface area contributed by atoms with Crippen molar-refractivity contribution in [3.63, 3.8) is 0 Å². The number of nitrogens with one attached hydrogen (secondary N) is 2. The largest absolute Gasteiger partial charge is 0.345 e. The number of amides is 1. The molecule has 1 aromatic carbocycles. The minimum Gasteiger partial charge on any atom is -0.345 e. The lowest BCUT2D eigenvalue weighted by molar-refractivity contribution is -0.124. The molecular weight excluding hydrogens is 316 g/mol. The topological polar surface area (TPSA) is 97.7 Å². The van der Waals surface area contributed by atoms with E-state index in [0.29, 0.717) is 5.82 Å². The maximum atomic E-state index is 12.0. The van der Waals surface area contributed by atoms with E-state index >= 15 is 0 Å². The van der Waals surface area contributed by atoms with E-state index in [1.54, 1.807) is 32.6 Å². The predicted molar refractivity (Wildman–Crippen MR) is 95.9 cm³/mol. The summed E-state index contributed by atoms with van der Waals surface area (Å²) in [5, 5.41) is 12.4. The molecule has 2 aromatic heterocycles. The summed E-state index contributed by atoms with van der Waals surface area (Å²) in [6.07, 6.45) is 4.98. The van der Waals surface area contributed by atoms with Gasteiger partial charge in [-0.15, -0.1) is 0 Å². The molecule has 2 N–H and O–H groups in total. The van der Waals surface area contributed by atoms with Crippen LogP contribution in [-0.4, -0.2) is 39.9 Å². The van der Waals surface area contributed by atoms with Gasteiger partial charge in [-0.05, 0) is 29.8 Å². The second-order valence-electron chi connectivity index (χ2n) is 5.59. The van der Waals surface area contributed by atoms with Crippen molar-refractivity contribution < 1.29 is 4.79 Å². The maximum absolute atomic E-state index is 12.0. The number of hydrogen-bond acceptors (Lipinski definition) is 5. The number of aromatic amines is 1. The summed E-state index contributed by atoms with van der Waals surface area (Å²) < 4.78 is 0. The number of H-pyrrole nitrogens is 1. The number of fused-ring (bicyclic) bond motifs is 1. The SMILES string of the molecule is CN(C)C(=O)/C(C#N)=C/c1cccc(Nc2cnc3[nH]ccc3n2)c1. The summed E-state index contributed by atoms with van der Waals surface area (Å²) in [4.78, 5) is 25.1. The van der Waals surface area contributed by atoms with E-state index in [0.717, 1.165) is 22.4 Å². The third-order valence-corrected chi connectivity index (χ3v) is 3.49. The highest BCUT2D eigenvalue weighted by Gasteiger charge is 2.11. The zero-order valence-corrected chi connectivity index (χ0v) is 13.8. The summed E-state index contributed by atoms with van der Waals surface area (Å²) in [6.45, 7) is 0. The monoisotopic (exact) mass is 332 g/mol. The number of likely N-dealkylation sites (N-methyl/N-ethyl adjacent to an activating group) is 1. The normalized spacial score (nSPS) is 11.2. The molecule has 124 valence electrons. The number of carbonyl (C=O) groups excluding carboxylic acids is 1. The smallest absolute Gasteiger partial charge is 0.264 e. The summed E-state index contributed by atoms with van der Waals surface area (Å²) in [6, 6.07) is 11.2. The molecule has 0 aliphatic rings. The van der Waals surface area contributed by atoms with Crippen LogP contribution in [0.2, 0.25) is 0 Å². The first-order valence-corrected chi connectivity index (χ1v) is 7.57. The third-order valence-electron chi connectivity index (χ3n) is 3.49. The van der Waals surface area contributed by atoms with Crippen LogP contribution >= 0.6 is 0 Å². The molecule has 0 fully saturated rings. The second kappa shape index (κ2) is 6.84. The molecule has 0 spiro atoms. The molecule has 3 rings (SSSR count). The summed E-state index contributed by atoms with van der Waals surface area (Å²) in [5.41, 5.74) is 3.10. The first-order valence-electron chi connectivity index (χ1n) is 7.57. The van der Waals surface area contributed by atoms with E-state index in [1.165, 1.54) is 4.90 Å². The lowest BCUT2D eigenvalue weighted by atomic mass is 10.1. The highest BCUT2D eigenvalue weighted by molar-refractivity contribution is 6.01. The molecule has 0 bridgehead atoms. The minimum atomic E-state index is -0.329. The number of nitriles is 1. The Morgan fingerprint density at radius 2 is 2.20 bits per heavy atom. The van der Waals surface area contributed by atoms with Crippen LogP contribution in [0, 0.1) is 11.3 Å². The number of rotatable bonds is 4. The van der Waals surface area contributed by atoms with E-state index in [-0.39, 0.29) is 11.5 Å². The Morgan fingerprint density at radius 3 is 2.96 bits per heavy atom. The van der Waals surface area contributed by atoms with Crippen molar-refractivity contribution in [1.82, 2.24) is 19.9 Å². The average Bonchev–Trinajstić information content (AvgIpc) is 3.07. The van der Waals surface area contributed by atoms with Gasteiger partial charge in [0.15, 0.2) is 5.65 Å². The van der Waals surface area contributed by atoms with Crippen molar-refractivity contribution >= 4 is 34.7 Å². The molecule has 3 aromatic rings. The Balaban J connectivity index is 1.86. The van der Waals surface area contributed by atoms with E-state index < -0.39 is 0 Å². The minimum absolute atomic E-state index is 0.0793. The fourth-order valence-electron chi connectivity index (χ4n) is 2.29. The molecular formula is C18H16N6O. The average molecular weight is 332 g/mol. The third kappa shape index (κ3) is 3.64. The van der Waals surface area contributed by atoms with Crippen molar-refractivity contribution in [2.24, 2.45) is 0 Å². The standard InChI is InChI=1S/C18H16N6O/c1-24(2)18(25)13(10-19)8-12-4-3-5-14(9-12)22-16-11-21-17-15(23-16)6-7-20-17/h3-9,11H,1-2H3,(H,20,21)(H,22,23)/b13-8+. The van der Waals surface area contributed by atoms with Gasteiger partial charge in [0.05, 0.1) is 6.20 Å². The Labute approximate surface area is 144 Å². The first-order chi connectivity index (χ1) is 12.1. The molecule has 0 unspecified atom stereocenters. The number of aromatic nitrogens is 3. The van der Waals surface area contributed by atoms with Crippen LogP contribution in [0.25, 0.3) is 17.2 Å². The number of anilines is 2. The van der Waals surface area contributed by atoms with Gasteiger partial charge in [0.25, 0.3) is 5.91 Å². The Hall–Kier alpha value is -3.66. The van der Waals surface area contributed by atoms with Gasteiger partial charge in [-0.25, -0.2) is 9.97 Å². The van der Waals surface area contributed by atoms with Crippen LogP contribution in [0.3, 0.4) is 0 Å². The Kier molecular flexibility index (Phi) is 4.44. The predicted octanol–water partition coefficient (Wildman–Crippen LogP) is 2.70. The number of benzene rings is 1. The van der Waals surface area contributed by atoms with Crippen LogP contribution in [0.4, 0.5) is 11.5 Å². The second-order valence-corrected chi connectivity index (χ2v) is 5.59. The van der Waals surface area contributed by atoms with Crippen LogP contribution in [0.15, 0.2) is 48.3 Å². The van der Waals surface area contributed by atoms with Gasteiger partial charge in [-0.2, -0.15) is 5.26 Å². The van der Waals surface area contributed by atoms with Gasteiger partial charge in [0.2, 0.25) is 0 Å². The molecule has 1 amide bonds. The quantitative estimate of drug-likeness (QED) is 0.565. The molecule has 7 heteroatoms. The highest BCUT2D eigenvalue weighted by atomic mass is 16.2. The van der Waals surface area contributed by atoms with Crippen molar-refractivity contribution in [1.29, 1.82) is 5.26 Å². The number of nitrogens with zero attached hydrogens (tertiary/aromatic N) is 4. The first kappa shape index (κ1) is 16.2. The number of carbonyl (C=O) groups is 1. The molecule has 0 radical (unpaired) electrons. The van der Waals surface area contributed by atoms with Crippen molar-refractivity contribution in [3.05, 3.63) is 53.9 Å². The van der Waals surface area contributed by atoms with Gasteiger partial charge in [-0.3, -0.25) is 4.79 Å². The molecule has 25 heavy (non-hydrogen) atoms. The Bertz CT molecular complexity index is 996. The lowest BCUT2D eigenvalue weighted by Gasteiger charge is -2.09. The molecule has 0 aliphatic carbocycles. The van der Waals surface area contributed by atoms with Gasteiger partial charge >= 0.3 is 0 Å². The molecule has 0 saturated heterocycles. The van der Waals surface area contributed by atoms with Gasteiger partial charge in [-0.1, -0.05) is 12.1 Å². The van der Waals surface area contributed by atoms with Gasteiger partial charge < -0.3 is 15.2 Å². The fourth-order valence-corrected chi connectivity index (χ4v) is 2.29. The van der Waals surface area contributed by atoms with Gasteiger partial charge in [0, 0.05) is 26.0 Å². The van der Waals surface area contributed by atoms with Crippen molar-refractivity contribution in [3.8, 4) is 6.07 Å². The lowest BCUT2D eigenvalue weighted by Crippen LogP contribution is -2.22. The van der Waals surface area contributed by atoms with E-state index in [4.69, 9.17) is 0 Å². The molecule has 7 nitrogen and oxygen atoms in total. The van der Waals surface area contributed by atoms with Gasteiger partial charge in [0.1, 0.15) is 23.0 Å². The summed E-state index contributed by atoms with van der Waals surface area (Å²) in [5.74, 6) is 0.280. The summed E-state index contributed by atoms with van der Waals surface area (Å²) >= 11 is 0. The van der Waals surface area contributed by atoms with E-state index in [9.17, 15) is 10.1 Å². The van der Waals surface area contributed by atoms with E-state index in [1.807, 2.05) is 36.4 Å². The highest BCUT2D eigenvalue weighted by Crippen LogP contribution is 2.19. The van der Waals surface area contributed by atoms with E-state index in [2.05, 4.69) is 20.3 Å². The van der Waals surface area contributed by atoms with Crippen LogP contribution in [0.1, 0.15) is 5.56 Å². The van der Waals surface area contributed by atoms with Crippen LogP contribution < -0.4 is 5.32 Å². The van der Waals surface area contributed by atoms with Crippen LogP contribution in [0.5, 0.6) is 0 Å². The summed E-state index contributed by atoms with van der Waals surface area (Å²) in [7, 11) is 3.22.